The Balaban J connectivity index is 1.81. The van der Waals surface area contributed by atoms with Gasteiger partial charge in [-0.15, -0.1) is 0 Å². The van der Waals surface area contributed by atoms with Gasteiger partial charge in [-0.05, 0) is 69.8 Å². The Morgan fingerprint density at radius 1 is 1.12 bits per heavy atom. The van der Waals surface area contributed by atoms with Crippen LogP contribution in [-0.2, 0) is 11.2 Å². The first-order valence-electron chi connectivity index (χ1n) is 10.6. The number of Topliss-reactive ketones (excluding diaryl/α,β-unsaturated/α-hetero) is 1. The predicted molar refractivity (Wildman–Crippen MR) is 109 cm³/mol. The lowest BCUT2D eigenvalue weighted by Gasteiger charge is -2.29. The number of hydrogen-bond acceptors (Lipinski definition) is 3. The molecular weight excluding hydrogens is 322 g/mol. The van der Waals surface area contributed by atoms with Crippen LogP contribution >= 0.6 is 0 Å². The van der Waals surface area contributed by atoms with Gasteiger partial charge in [0.05, 0.1) is 0 Å². The Morgan fingerprint density at radius 2 is 1.77 bits per heavy atom. The fourth-order valence-electron chi connectivity index (χ4n) is 4.10. The fourth-order valence-corrected chi connectivity index (χ4v) is 4.10. The zero-order valence-corrected chi connectivity index (χ0v) is 16.8. The average Bonchev–Trinajstić information content (AvgIpc) is 2.66. The molecule has 0 saturated heterocycles. The number of benzene rings is 1. The summed E-state index contributed by atoms with van der Waals surface area (Å²) < 4.78 is 0. The molecule has 1 aliphatic carbocycles. The molecule has 0 spiro atoms. The molecule has 1 atom stereocenters. The molecule has 1 fully saturated rings. The molecule has 0 aliphatic heterocycles. The van der Waals surface area contributed by atoms with Crippen molar-refractivity contribution in [3.8, 4) is 5.75 Å². The van der Waals surface area contributed by atoms with Gasteiger partial charge in [0.1, 0.15) is 11.5 Å². The molecule has 1 aromatic carbocycles. The van der Waals surface area contributed by atoms with E-state index in [2.05, 4.69) is 18.7 Å². The normalized spacial score (nSPS) is 16.7. The molecule has 0 aromatic heterocycles. The number of phenolic OH excluding ortho intramolecular Hbond substituents is 1. The average molecular weight is 360 g/mol. The Bertz CT molecular complexity index is 520. The summed E-state index contributed by atoms with van der Waals surface area (Å²) in [5.41, 5.74) is 1.26. The third kappa shape index (κ3) is 7.11. The van der Waals surface area contributed by atoms with E-state index in [1.807, 2.05) is 12.1 Å². The van der Waals surface area contributed by atoms with E-state index in [1.54, 1.807) is 12.1 Å². The largest absolute Gasteiger partial charge is 0.508 e. The molecule has 2 rings (SSSR count). The second-order valence-corrected chi connectivity index (χ2v) is 8.01. The monoisotopic (exact) mass is 359 g/mol. The number of rotatable bonds is 11. The van der Waals surface area contributed by atoms with Crippen molar-refractivity contribution in [2.24, 2.45) is 5.92 Å². The highest BCUT2D eigenvalue weighted by molar-refractivity contribution is 5.81. The molecule has 0 radical (unpaired) electrons. The first kappa shape index (κ1) is 21.0. The fraction of sp³-hybridized carbons (Fsp3) is 0.696. The predicted octanol–water partition coefficient (Wildman–Crippen LogP) is 5.35. The van der Waals surface area contributed by atoms with Gasteiger partial charge < -0.3 is 10.0 Å². The van der Waals surface area contributed by atoms with E-state index < -0.39 is 0 Å². The molecule has 1 saturated carbocycles. The summed E-state index contributed by atoms with van der Waals surface area (Å²) in [6.45, 7) is 6.63. The molecule has 0 amide bonds. The number of phenols is 1. The lowest BCUT2D eigenvalue weighted by Crippen LogP contribution is -2.36. The van der Waals surface area contributed by atoms with Crippen LogP contribution in [0.25, 0.3) is 0 Å². The van der Waals surface area contributed by atoms with E-state index in [0.29, 0.717) is 23.5 Å². The van der Waals surface area contributed by atoms with Gasteiger partial charge in [-0.2, -0.15) is 0 Å². The Kier molecular flexibility index (Phi) is 9.17. The third-order valence-electron chi connectivity index (χ3n) is 5.82. The highest BCUT2D eigenvalue weighted by Crippen LogP contribution is 2.25. The van der Waals surface area contributed by atoms with Gasteiger partial charge in [0.2, 0.25) is 0 Å². The smallest absolute Gasteiger partial charge is 0.136 e. The maximum atomic E-state index is 12.4. The summed E-state index contributed by atoms with van der Waals surface area (Å²) in [5.74, 6) is 1.18. The highest BCUT2D eigenvalue weighted by Gasteiger charge is 2.21. The van der Waals surface area contributed by atoms with Crippen LogP contribution in [0.2, 0.25) is 0 Å². The zero-order valence-electron chi connectivity index (χ0n) is 16.8. The van der Waals surface area contributed by atoms with Crippen molar-refractivity contribution >= 4 is 5.78 Å². The molecule has 146 valence electrons. The van der Waals surface area contributed by atoms with Crippen LogP contribution in [0.15, 0.2) is 24.3 Å². The molecule has 26 heavy (non-hydrogen) atoms. The third-order valence-corrected chi connectivity index (χ3v) is 5.82. The number of nitrogens with zero attached hydrogens (tertiary/aromatic N) is 1. The minimum absolute atomic E-state index is 0.325. The summed E-state index contributed by atoms with van der Waals surface area (Å²) in [7, 11) is 0. The van der Waals surface area contributed by atoms with Crippen molar-refractivity contribution in [3.63, 3.8) is 0 Å². The lowest BCUT2D eigenvalue weighted by atomic mass is 9.85. The van der Waals surface area contributed by atoms with Crippen LogP contribution < -0.4 is 0 Å². The van der Waals surface area contributed by atoms with Gasteiger partial charge in [0.25, 0.3) is 0 Å². The van der Waals surface area contributed by atoms with E-state index in [1.165, 1.54) is 37.7 Å². The maximum absolute atomic E-state index is 12.4. The molecule has 0 bridgehead atoms. The van der Waals surface area contributed by atoms with Crippen molar-refractivity contribution < 1.29 is 9.90 Å². The number of carbonyl (C=O) groups excluding carboxylic acids is 1. The first-order valence-corrected chi connectivity index (χ1v) is 10.6. The summed E-state index contributed by atoms with van der Waals surface area (Å²) in [6.07, 6.45) is 11.2. The van der Waals surface area contributed by atoms with E-state index >= 15 is 0 Å². The molecule has 1 aromatic rings. The number of aromatic hydroxyl groups is 1. The molecule has 3 nitrogen and oxygen atoms in total. The molecule has 1 unspecified atom stereocenters. The maximum Gasteiger partial charge on any atom is 0.136 e. The number of unbranched alkanes of at least 4 members (excludes halogenated alkanes) is 1. The number of ketones is 1. The van der Waals surface area contributed by atoms with Crippen LogP contribution in [0.5, 0.6) is 5.75 Å². The van der Waals surface area contributed by atoms with Crippen molar-refractivity contribution in [2.75, 3.05) is 13.1 Å². The number of hydrogen-bond donors (Lipinski definition) is 1. The zero-order chi connectivity index (χ0) is 18.8. The molecule has 1 aliphatic rings. The SMILES string of the molecule is CCCCN(CCCC(=O)C1CCCCC1)C(C)Cc1ccc(O)cc1. The minimum atomic E-state index is 0.325. The second kappa shape index (κ2) is 11.4. The van der Waals surface area contributed by atoms with Crippen LogP contribution in [-0.4, -0.2) is 34.9 Å². The van der Waals surface area contributed by atoms with Crippen LogP contribution in [0.4, 0.5) is 0 Å². The van der Waals surface area contributed by atoms with Crippen molar-refractivity contribution in [2.45, 2.75) is 84.1 Å². The van der Waals surface area contributed by atoms with Crippen LogP contribution in [0.1, 0.15) is 77.2 Å². The van der Waals surface area contributed by atoms with E-state index in [-0.39, 0.29) is 0 Å². The van der Waals surface area contributed by atoms with Gasteiger partial charge in [-0.1, -0.05) is 44.7 Å². The van der Waals surface area contributed by atoms with Crippen molar-refractivity contribution in [1.82, 2.24) is 4.90 Å². The number of carbonyl (C=O) groups is 1. The van der Waals surface area contributed by atoms with Crippen molar-refractivity contribution in [3.05, 3.63) is 29.8 Å². The van der Waals surface area contributed by atoms with E-state index in [0.717, 1.165) is 45.2 Å². The van der Waals surface area contributed by atoms with Crippen molar-refractivity contribution in [1.29, 1.82) is 0 Å². The van der Waals surface area contributed by atoms with Gasteiger partial charge in [0.15, 0.2) is 0 Å². The Labute approximate surface area is 159 Å². The Hall–Kier alpha value is -1.35. The van der Waals surface area contributed by atoms with Crippen LogP contribution in [0, 0.1) is 5.92 Å². The highest BCUT2D eigenvalue weighted by atomic mass is 16.3. The summed E-state index contributed by atoms with van der Waals surface area (Å²) in [4.78, 5) is 15.0. The second-order valence-electron chi connectivity index (χ2n) is 8.01. The van der Waals surface area contributed by atoms with E-state index in [9.17, 15) is 9.90 Å². The topological polar surface area (TPSA) is 40.5 Å². The molecule has 1 N–H and O–H groups in total. The minimum Gasteiger partial charge on any atom is -0.508 e. The van der Waals surface area contributed by atoms with Gasteiger partial charge in [0, 0.05) is 18.4 Å². The summed E-state index contributed by atoms with van der Waals surface area (Å²) in [6, 6.07) is 8.01. The van der Waals surface area contributed by atoms with Gasteiger partial charge >= 0.3 is 0 Å². The molecule has 3 heteroatoms. The molecular formula is C23H37NO2. The summed E-state index contributed by atoms with van der Waals surface area (Å²) in [5, 5.41) is 9.45. The summed E-state index contributed by atoms with van der Waals surface area (Å²) >= 11 is 0. The van der Waals surface area contributed by atoms with Gasteiger partial charge in [-0.3, -0.25) is 4.79 Å². The quantitative estimate of drug-likeness (QED) is 0.578. The van der Waals surface area contributed by atoms with Gasteiger partial charge in [-0.25, -0.2) is 0 Å². The first-order chi connectivity index (χ1) is 12.6. The standard InChI is InChI=1S/C23H37NO2/c1-3-4-16-24(19(2)18-20-12-14-22(25)15-13-20)17-8-11-23(26)21-9-6-5-7-10-21/h12-15,19,21,25H,3-11,16-18H2,1-2H3. The van der Waals surface area contributed by atoms with Crippen LogP contribution in [0.3, 0.4) is 0 Å². The van der Waals surface area contributed by atoms with E-state index in [4.69, 9.17) is 0 Å². The Morgan fingerprint density at radius 3 is 2.42 bits per heavy atom. The molecule has 0 heterocycles. The lowest BCUT2D eigenvalue weighted by molar-refractivity contribution is -0.124.